The molecule has 0 aliphatic carbocycles. The Balaban J connectivity index is 1.79. The fourth-order valence-electron chi connectivity index (χ4n) is 2.72. The molecule has 3 heterocycles. The van der Waals surface area contributed by atoms with Crippen LogP contribution in [0.3, 0.4) is 0 Å². The van der Waals surface area contributed by atoms with Gasteiger partial charge in [0.2, 0.25) is 0 Å². The smallest absolute Gasteiger partial charge is 0.269 e. The van der Waals surface area contributed by atoms with Gasteiger partial charge in [-0.1, -0.05) is 0 Å². The van der Waals surface area contributed by atoms with Crippen LogP contribution in [-0.2, 0) is 4.74 Å². The second kappa shape index (κ2) is 5.14. The molecule has 0 spiro atoms. The summed E-state index contributed by atoms with van der Waals surface area (Å²) in [7, 11) is 1.61. The zero-order valence-corrected chi connectivity index (χ0v) is 10.9. The maximum Gasteiger partial charge on any atom is 0.269 e. The SMILES string of the molecule is CNC(=O)c1ccc(N2CCN[C@@H]3COC[C@@H]32)cn1. The topological polar surface area (TPSA) is 66.5 Å². The second-order valence-electron chi connectivity index (χ2n) is 4.84. The fraction of sp³-hybridized carbons (Fsp3) is 0.538. The highest BCUT2D eigenvalue weighted by molar-refractivity contribution is 5.92. The van der Waals surface area contributed by atoms with E-state index in [2.05, 4.69) is 20.5 Å². The Bertz CT molecular complexity index is 462. The van der Waals surface area contributed by atoms with Crippen LogP contribution in [0.1, 0.15) is 10.5 Å². The van der Waals surface area contributed by atoms with Crippen molar-refractivity contribution < 1.29 is 9.53 Å². The lowest BCUT2D eigenvalue weighted by atomic mass is 10.1. The van der Waals surface area contributed by atoms with Crippen LogP contribution < -0.4 is 15.5 Å². The summed E-state index contributed by atoms with van der Waals surface area (Å²) in [6.07, 6.45) is 1.77. The maximum atomic E-state index is 11.5. The quantitative estimate of drug-likeness (QED) is 0.760. The van der Waals surface area contributed by atoms with E-state index in [-0.39, 0.29) is 5.91 Å². The van der Waals surface area contributed by atoms with Crippen LogP contribution in [0.15, 0.2) is 18.3 Å². The van der Waals surface area contributed by atoms with Crippen LogP contribution in [0, 0.1) is 0 Å². The van der Waals surface area contributed by atoms with Crippen molar-refractivity contribution in [2.24, 2.45) is 0 Å². The monoisotopic (exact) mass is 262 g/mol. The van der Waals surface area contributed by atoms with Gasteiger partial charge in [-0.25, -0.2) is 4.98 Å². The standard InChI is InChI=1S/C13H18N4O2/c1-14-13(18)10-3-2-9(6-16-10)17-5-4-15-11-7-19-8-12(11)17/h2-3,6,11-12,15H,4-5,7-8H2,1H3,(H,14,18)/t11-,12+/m1/s1. The molecule has 2 fully saturated rings. The highest BCUT2D eigenvalue weighted by Gasteiger charge is 2.36. The van der Waals surface area contributed by atoms with Crippen molar-refractivity contribution in [3.63, 3.8) is 0 Å². The van der Waals surface area contributed by atoms with Crippen molar-refractivity contribution >= 4 is 11.6 Å². The predicted molar refractivity (Wildman–Crippen MR) is 71.4 cm³/mol. The third-order valence-electron chi connectivity index (χ3n) is 3.75. The first-order valence-corrected chi connectivity index (χ1v) is 6.55. The Morgan fingerprint density at radius 3 is 3.16 bits per heavy atom. The number of anilines is 1. The molecule has 2 atom stereocenters. The van der Waals surface area contributed by atoms with Crippen LogP contribution in [0.5, 0.6) is 0 Å². The summed E-state index contributed by atoms with van der Waals surface area (Å²) >= 11 is 0. The number of rotatable bonds is 2. The molecular formula is C13H18N4O2. The molecule has 0 unspecified atom stereocenters. The summed E-state index contributed by atoms with van der Waals surface area (Å²) in [6.45, 7) is 3.40. The van der Waals surface area contributed by atoms with Crippen LogP contribution in [-0.4, -0.2) is 56.3 Å². The molecule has 102 valence electrons. The molecule has 1 amide bonds. The van der Waals surface area contributed by atoms with Gasteiger partial charge in [0, 0.05) is 20.1 Å². The van der Waals surface area contributed by atoms with E-state index in [9.17, 15) is 4.79 Å². The number of pyridine rings is 1. The van der Waals surface area contributed by atoms with Gasteiger partial charge in [0.05, 0.1) is 37.2 Å². The predicted octanol–water partition coefficient (Wildman–Crippen LogP) is -0.382. The molecule has 0 saturated carbocycles. The number of hydrogen-bond acceptors (Lipinski definition) is 5. The van der Waals surface area contributed by atoms with Gasteiger partial charge in [-0.05, 0) is 12.1 Å². The molecular weight excluding hydrogens is 244 g/mol. The van der Waals surface area contributed by atoms with E-state index in [4.69, 9.17) is 4.74 Å². The number of ether oxygens (including phenoxy) is 1. The van der Waals surface area contributed by atoms with Gasteiger partial charge >= 0.3 is 0 Å². The fourth-order valence-corrected chi connectivity index (χ4v) is 2.72. The van der Waals surface area contributed by atoms with Crippen LogP contribution in [0.4, 0.5) is 5.69 Å². The molecule has 0 bridgehead atoms. The Kier molecular flexibility index (Phi) is 3.35. The van der Waals surface area contributed by atoms with Crippen LogP contribution in [0.25, 0.3) is 0 Å². The largest absolute Gasteiger partial charge is 0.378 e. The third kappa shape index (κ3) is 2.29. The molecule has 1 aromatic rings. The molecule has 3 rings (SSSR count). The molecule has 0 aromatic carbocycles. The Morgan fingerprint density at radius 1 is 1.53 bits per heavy atom. The van der Waals surface area contributed by atoms with E-state index in [1.807, 2.05) is 6.07 Å². The van der Waals surface area contributed by atoms with Crippen molar-refractivity contribution in [3.05, 3.63) is 24.0 Å². The van der Waals surface area contributed by atoms with Crippen molar-refractivity contribution in [3.8, 4) is 0 Å². The minimum absolute atomic E-state index is 0.158. The average Bonchev–Trinajstić information content (AvgIpc) is 2.95. The molecule has 6 heteroatoms. The number of piperazine rings is 1. The van der Waals surface area contributed by atoms with E-state index in [0.29, 0.717) is 17.8 Å². The van der Waals surface area contributed by atoms with E-state index in [0.717, 1.165) is 32.0 Å². The number of hydrogen-bond donors (Lipinski definition) is 2. The first kappa shape index (κ1) is 12.4. The number of carbonyl (C=O) groups is 1. The van der Waals surface area contributed by atoms with E-state index < -0.39 is 0 Å². The zero-order chi connectivity index (χ0) is 13.2. The minimum atomic E-state index is -0.158. The van der Waals surface area contributed by atoms with E-state index in [1.54, 1.807) is 19.3 Å². The normalized spacial score (nSPS) is 26.1. The maximum absolute atomic E-state index is 11.5. The first-order chi connectivity index (χ1) is 9.29. The average molecular weight is 262 g/mol. The van der Waals surface area contributed by atoms with Gasteiger partial charge in [-0.2, -0.15) is 0 Å². The number of fused-ring (bicyclic) bond motifs is 1. The number of carbonyl (C=O) groups excluding carboxylic acids is 1. The number of amides is 1. The molecule has 2 aliphatic heterocycles. The molecule has 1 aromatic heterocycles. The molecule has 2 N–H and O–H groups in total. The molecule has 2 aliphatic rings. The number of nitrogens with zero attached hydrogens (tertiary/aromatic N) is 2. The summed E-state index contributed by atoms with van der Waals surface area (Å²) in [6, 6.07) is 4.48. The van der Waals surface area contributed by atoms with Crippen LogP contribution in [0.2, 0.25) is 0 Å². The van der Waals surface area contributed by atoms with Crippen LogP contribution >= 0.6 is 0 Å². The summed E-state index contributed by atoms with van der Waals surface area (Å²) in [4.78, 5) is 18.0. The van der Waals surface area contributed by atoms with Crippen molar-refractivity contribution in [2.75, 3.05) is 38.3 Å². The lowest BCUT2D eigenvalue weighted by Gasteiger charge is -2.38. The minimum Gasteiger partial charge on any atom is -0.378 e. The molecule has 6 nitrogen and oxygen atoms in total. The Hall–Kier alpha value is -1.66. The summed E-state index contributed by atoms with van der Waals surface area (Å²) < 4.78 is 5.53. The Morgan fingerprint density at radius 2 is 2.42 bits per heavy atom. The summed E-state index contributed by atoms with van der Waals surface area (Å²) in [5.74, 6) is -0.158. The van der Waals surface area contributed by atoms with E-state index in [1.165, 1.54) is 0 Å². The van der Waals surface area contributed by atoms with Gasteiger partial charge in [0.15, 0.2) is 0 Å². The van der Waals surface area contributed by atoms with Gasteiger partial charge in [-0.3, -0.25) is 4.79 Å². The molecule has 0 radical (unpaired) electrons. The second-order valence-corrected chi connectivity index (χ2v) is 4.84. The lowest BCUT2D eigenvalue weighted by Crippen LogP contribution is -2.57. The van der Waals surface area contributed by atoms with Crippen molar-refractivity contribution in [1.82, 2.24) is 15.6 Å². The van der Waals surface area contributed by atoms with Gasteiger partial charge in [0.25, 0.3) is 5.91 Å². The molecule has 2 saturated heterocycles. The van der Waals surface area contributed by atoms with E-state index >= 15 is 0 Å². The third-order valence-corrected chi connectivity index (χ3v) is 3.75. The number of aromatic nitrogens is 1. The Labute approximate surface area is 112 Å². The van der Waals surface area contributed by atoms with Gasteiger partial charge in [0.1, 0.15) is 5.69 Å². The first-order valence-electron chi connectivity index (χ1n) is 6.55. The highest BCUT2D eigenvalue weighted by atomic mass is 16.5. The lowest BCUT2D eigenvalue weighted by molar-refractivity contribution is 0.0958. The van der Waals surface area contributed by atoms with Crippen molar-refractivity contribution in [2.45, 2.75) is 12.1 Å². The summed E-state index contributed by atoms with van der Waals surface area (Å²) in [5, 5.41) is 6.04. The number of nitrogens with one attached hydrogen (secondary N) is 2. The highest BCUT2D eigenvalue weighted by Crippen LogP contribution is 2.23. The van der Waals surface area contributed by atoms with Gasteiger partial charge < -0.3 is 20.3 Å². The van der Waals surface area contributed by atoms with Gasteiger partial charge in [-0.15, -0.1) is 0 Å². The summed E-state index contributed by atoms with van der Waals surface area (Å²) in [5.41, 5.74) is 1.50. The molecule has 19 heavy (non-hydrogen) atoms. The van der Waals surface area contributed by atoms with Crippen molar-refractivity contribution in [1.29, 1.82) is 0 Å². The zero-order valence-electron chi connectivity index (χ0n) is 10.9.